The summed E-state index contributed by atoms with van der Waals surface area (Å²) in [6.07, 6.45) is 4.06. The van der Waals surface area contributed by atoms with Gasteiger partial charge in [-0.05, 0) is 44.1 Å². The van der Waals surface area contributed by atoms with Gasteiger partial charge in [0, 0.05) is 23.7 Å². The van der Waals surface area contributed by atoms with E-state index in [0.29, 0.717) is 17.6 Å². The average Bonchev–Trinajstić information content (AvgIpc) is 2.49. The molecule has 122 valence electrons. The fraction of sp³-hybridized carbons (Fsp3) is 0.611. The van der Waals surface area contributed by atoms with E-state index < -0.39 is 0 Å². The first-order valence-electron chi connectivity index (χ1n) is 8.26. The van der Waals surface area contributed by atoms with Gasteiger partial charge in [0.2, 0.25) is 6.41 Å². The SMILES string of the molecule is CC(NC1CCC(C(C)C)CC1NC=O)c1ccccc1O. The van der Waals surface area contributed by atoms with Gasteiger partial charge in [-0.15, -0.1) is 0 Å². The first-order valence-corrected chi connectivity index (χ1v) is 8.26. The van der Waals surface area contributed by atoms with Crippen LogP contribution in [0.1, 0.15) is 51.6 Å². The Bertz CT molecular complexity index is 490. The summed E-state index contributed by atoms with van der Waals surface area (Å²) in [7, 11) is 0. The summed E-state index contributed by atoms with van der Waals surface area (Å²) in [4.78, 5) is 10.9. The van der Waals surface area contributed by atoms with Crippen molar-refractivity contribution in [2.24, 2.45) is 11.8 Å². The molecule has 0 bridgehead atoms. The van der Waals surface area contributed by atoms with E-state index in [4.69, 9.17) is 0 Å². The first kappa shape index (κ1) is 16.8. The molecule has 1 aliphatic rings. The van der Waals surface area contributed by atoms with Gasteiger partial charge in [0.25, 0.3) is 0 Å². The van der Waals surface area contributed by atoms with Crippen LogP contribution in [0.15, 0.2) is 24.3 Å². The number of para-hydroxylation sites is 1. The van der Waals surface area contributed by atoms with Gasteiger partial charge >= 0.3 is 0 Å². The molecule has 0 radical (unpaired) electrons. The molecule has 1 aromatic carbocycles. The van der Waals surface area contributed by atoms with Crippen molar-refractivity contribution in [1.29, 1.82) is 0 Å². The van der Waals surface area contributed by atoms with Gasteiger partial charge in [0.05, 0.1) is 0 Å². The largest absolute Gasteiger partial charge is 0.508 e. The van der Waals surface area contributed by atoms with Crippen molar-refractivity contribution >= 4 is 6.41 Å². The van der Waals surface area contributed by atoms with Gasteiger partial charge in [-0.1, -0.05) is 32.0 Å². The zero-order valence-corrected chi connectivity index (χ0v) is 13.8. The summed E-state index contributed by atoms with van der Waals surface area (Å²) in [5, 5.41) is 16.6. The van der Waals surface area contributed by atoms with Crippen LogP contribution in [0.3, 0.4) is 0 Å². The molecule has 4 nitrogen and oxygen atoms in total. The van der Waals surface area contributed by atoms with Crippen molar-refractivity contribution in [3.8, 4) is 5.75 Å². The molecule has 0 spiro atoms. The fourth-order valence-electron chi connectivity index (χ4n) is 3.54. The molecule has 0 aliphatic heterocycles. The van der Waals surface area contributed by atoms with Crippen LogP contribution in [0.5, 0.6) is 5.75 Å². The number of aromatic hydroxyl groups is 1. The fourth-order valence-corrected chi connectivity index (χ4v) is 3.54. The summed E-state index contributed by atoms with van der Waals surface area (Å²) in [6.45, 7) is 6.56. The van der Waals surface area contributed by atoms with E-state index in [9.17, 15) is 9.90 Å². The molecule has 0 heterocycles. The second kappa shape index (κ2) is 7.63. The van der Waals surface area contributed by atoms with Gasteiger partial charge < -0.3 is 15.7 Å². The highest BCUT2D eigenvalue weighted by atomic mass is 16.3. The maximum Gasteiger partial charge on any atom is 0.207 e. The van der Waals surface area contributed by atoms with Crippen LogP contribution in [0.4, 0.5) is 0 Å². The lowest BCUT2D eigenvalue weighted by molar-refractivity contribution is -0.110. The highest BCUT2D eigenvalue weighted by molar-refractivity contribution is 5.47. The van der Waals surface area contributed by atoms with E-state index in [1.165, 1.54) is 6.42 Å². The van der Waals surface area contributed by atoms with E-state index >= 15 is 0 Å². The zero-order chi connectivity index (χ0) is 16.1. The number of carbonyl (C=O) groups is 1. The Kier molecular flexibility index (Phi) is 5.83. The molecule has 4 heteroatoms. The quantitative estimate of drug-likeness (QED) is 0.708. The molecule has 2 rings (SSSR count). The molecule has 1 amide bonds. The van der Waals surface area contributed by atoms with Crippen LogP contribution in [-0.4, -0.2) is 23.6 Å². The zero-order valence-electron chi connectivity index (χ0n) is 13.8. The lowest BCUT2D eigenvalue weighted by atomic mass is 9.76. The standard InChI is InChI=1S/C18H28N2O2/c1-12(2)14-8-9-16(17(10-14)19-11-21)20-13(3)15-6-4-5-7-18(15)22/h4-7,11-14,16-17,20,22H,8-10H2,1-3H3,(H,19,21). The topological polar surface area (TPSA) is 61.4 Å². The van der Waals surface area contributed by atoms with Crippen molar-refractivity contribution in [3.63, 3.8) is 0 Å². The number of phenolic OH excluding ortho intramolecular Hbond substituents is 1. The van der Waals surface area contributed by atoms with Crippen molar-refractivity contribution in [2.45, 2.75) is 58.2 Å². The molecule has 1 aromatic rings. The van der Waals surface area contributed by atoms with Crippen LogP contribution < -0.4 is 10.6 Å². The molecule has 0 aromatic heterocycles. The molecule has 4 atom stereocenters. The monoisotopic (exact) mass is 304 g/mol. The maximum absolute atomic E-state index is 10.9. The predicted molar refractivity (Wildman–Crippen MR) is 88.6 cm³/mol. The van der Waals surface area contributed by atoms with E-state index in [0.717, 1.165) is 24.8 Å². The van der Waals surface area contributed by atoms with Crippen molar-refractivity contribution in [1.82, 2.24) is 10.6 Å². The van der Waals surface area contributed by atoms with E-state index in [2.05, 4.69) is 31.4 Å². The molecule has 1 saturated carbocycles. The molecular weight excluding hydrogens is 276 g/mol. The summed E-state index contributed by atoms with van der Waals surface area (Å²) in [5.74, 6) is 1.63. The Morgan fingerprint density at radius 3 is 2.55 bits per heavy atom. The molecule has 0 saturated heterocycles. The maximum atomic E-state index is 10.9. The lowest BCUT2D eigenvalue weighted by Gasteiger charge is -2.39. The summed E-state index contributed by atoms with van der Waals surface area (Å²) in [6, 6.07) is 7.87. The van der Waals surface area contributed by atoms with Crippen molar-refractivity contribution in [2.75, 3.05) is 0 Å². The van der Waals surface area contributed by atoms with Gasteiger partial charge in [-0.3, -0.25) is 4.79 Å². The molecular formula is C18H28N2O2. The Balaban J connectivity index is 2.04. The number of rotatable bonds is 6. The second-order valence-corrected chi connectivity index (χ2v) is 6.76. The third-order valence-corrected chi connectivity index (χ3v) is 4.98. The number of nitrogens with one attached hydrogen (secondary N) is 2. The Labute approximate surface area is 133 Å². The van der Waals surface area contributed by atoms with Crippen LogP contribution in [0.2, 0.25) is 0 Å². The number of hydrogen-bond acceptors (Lipinski definition) is 3. The first-order chi connectivity index (χ1) is 10.5. The third kappa shape index (κ3) is 4.01. The van der Waals surface area contributed by atoms with E-state index in [1.807, 2.05) is 18.2 Å². The number of amides is 1. The normalized spacial score (nSPS) is 26.6. The van der Waals surface area contributed by atoms with Crippen LogP contribution in [-0.2, 0) is 4.79 Å². The minimum absolute atomic E-state index is 0.0535. The minimum Gasteiger partial charge on any atom is -0.508 e. The van der Waals surface area contributed by atoms with Gasteiger partial charge in [-0.25, -0.2) is 0 Å². The number of benzene rings is 1. The number of carbonyl (C=O) groups excluding carboxylic acids is 1. The van der Waals surface area contributed by atoms with Crippen LogP contribution >= 0.6 is 0 Å². The molecule has 22 heavy (non-hydrogen) atoms. The molecule has 3 N–H and O–H groups in total. The molecule has 1 aliphatic carbocycles. The van der Waals surface area contributed by atoms with Gasteiger partial charge in [0.1, 0.15) is 5.75 Å². The van der Waals surface area contributed by atoms with E-state index in [1.54, 1.807) is 6.07 Å². The van der Waals surface area contributed by atoms with Crippen LogP contribution in [0, 0.1) is 11.8 Å². The summed E-state index contributed by atoms with van der Waals surface area (Å²) in [5.41, 5.74) is 0.901. The van der Waals surface area contributed by atoms with Crippen molar-refractivity contribution < 1.29 is 9.90 Å². The Hall–Kier alpha value is -1.55. The number of hydrogen-bond donors (Lipinski definition) is 3. The Morgan fingerprint density at radius 2 is 1.91 bits per heavy atom. The van der Waals surface area contributed by atoms with Crippen LogP contribution in [0.25, 0.3) is 0 Å². The van der Waals surface area contributed by atoms with Gasteiger partial charge in [-0.2, -0.15) is 0 Å². The highest BCUT2D eigenvalue weighted by Gasteiger charge is 2.32. The summed E-state index contributed by atoms with van der Waals surface area (Å²) >= 11 is 0. The highest BCUT2D eigenvalue weighted by Crippen LogP contribution is 2.32. The van der Waals surface area contributed by atoms with Gasteiger partial charge in [0.15, 0.2) is 0 Å². The second-order valence-electron chi connectivity index (χ2n) is 6.76. The molecule has 1 fully saturated rings. The summed E-state index contributed by atoms with van der Waals surface area (Å²) < 4.78 is 0. The molecule has 4 unspecified atom stereocenters. The Morgan fingerprint density at radius 1 is 1.18 bits per heavy atom. The van der Waals surface area contributed by atoms with E-state index in [-0.39, 0.29) is 18.1 Å². The minimum atomic E-state index is 0.0535. The third-order valence-electron chi connectivity index (χ3n) is 4.98. The smallest absolute Gasteiger partial charge is 0.207 e. The number of phenols is 1. The predicted octanol–water partition coefficient (Wildman–Crippen LogP) is 2.98. The average molecular weight is 304 g/mol. The lowest BCUT2D eigenvalue weighted by Crippen LogP contribution is -2.52. The van der Waals surface area contributed by atoms with Crippen molar-refractivity contribution in [3.05, 3.63) is 29.8 Å².